The maximum absolute atomic E-state index is 5.42. The van der Waals surface area contributed by atoms with Crippen molar-refractivity contribution in [3.8, 4) is 45.5 Å². The summed E-state index contributed by atoms with van der Waals surface area (Å²) in [5, 5.41) is 4.03. The number of aromatic nitrogens is 8. The highest BCUT2D eigenvalue weighted by Gasteiger charge is 2.52. The Hall–Kier alpha value is -7.84. The normalized spacial score (nSPS) is 13.4. The van der Waals surface area contributed by atoms with Crippen LogP contribution in [0.4, 0.5) is 0 Å². The van der Waals surface area contributed by atoms with E-state index in [4.69, 9.17) is 29.9 Å². The van der Waals surface area contributed by atoms with Crippen molar-refractivity contribution in [2.45, 2.75) is 5.41 Å². The van der Waals surface area contributed by atoms with Gasteiger partial charge in [-0.05, 0) is 87.0 Å². The highest BCUT2D eigenvalue weighted by Crippen LogP contribution is 2.63. The zero-order chi connectivity index (χ0) is 37.2. The molecule has 0 saturated heterocycles. The van der Waals surface area contributed by atoms with E-state index in [1.165, 1.54) is 33.4 Å². The molecule has 0 N–H and O–H groups in total. The zero-order valence-corrected chi connectivity index (χ0v) is 30.2. The Morgan fingerprint density at radius 2 is 0.807 bits per heavy atom. The molecule has 0 bridgehead atoms. The van der Waals surface area contributed by atoms with Crippen molar-refractivity contribution >= 4 is 44.0 Å². The lowest BCUT2D eigenvalue weighted by molar-refractivity contribution is 0.793. The monoisotopic (exact) mass is 728 g/mol. The van der Waals surface area contributed by atoms with Gasteiger partial charge in [-0.3, -0.25) is 4.57 Å². The standard InChI is InChI=1S/C49H28N8/c1-5-21-37-29(13-1)30-14-2-6-22-38(30)49(37)39-23-7-3-16-35(39)42-36(17-9-24-40(42)49)43-53-47(56-41-25-8-4-15-31(41)32-18-10-26-50-44(32)56)55-48(54-43)57-45-33(19-11-27-51-45)34-20-12-28-52-46(34)57/h1-28H. The minimum Gasteiger partial charge on any atom is -0.262 e. The van der Waals surface area contributed by atoms with Gasteiger partial charge in [0.15, 0.2) is 5.82 Å². The summed E-state index contributed by atoms with van der Waals surface area (Å²) >= 11 is 0. The first-order valence-corrected chi connectivity index (χ1v) is 19.0. The molecule has 8 heteroatoms. The van der Waals surface area contributed by atoms with E-state index < -0.39 is 5.41 Å². The minimum absolute atomic E-state index is 0.421. The van der Waals surface area contributed by atoms with Gasteiger partial charge in [0.2, 0.25) is 11.9 Å². The van der Waals surface area contributed by atoms with Crippen molar-refractivity contribution in [3.05, 3.63) is 193 Å². The third-order valence-electron chi connectivity index (χ3n) is 12.0. The van der Waals surface area contributed by atoms with Gasteiger partial charge in [-0.2, -0.15) is 15.0 Å². The topological polar surface area (TPSA) is 87.2 Å². The lowest BCUT2D eigenvalue weighted by atomic mass is 9.70. The number of nitrogens with zero attached hydrogens (tertiary/aromatic N) is 8. The summed E-state index contributed by atoms with van der Waals surface area (Å²) in [6, 6.07) is 53.6. The van der Waals surface area contributed by atoms with E-state index in [1.54, 1.807) is 12.4 Å². The van der Waals surface area contributed by atoms with Gasteiger partial charge in [-0.25, -0.2) is 19.5 Å². The van der Waals surface area contributed by atoms with Crippen LogP contribution in [-0.4, -0.2) is 39.0 Å². The fourth-order valence-corrected chi connectivity index (χ4v) is 9.86. The molecule has 5 aromatic carbocycles. The highest BCUT2D eigenvalue weighted by molar-refractivity contribution is 6.08. The Morgan fingerprint density at radius 3 is 1.46 bits per heavy atom. The maximum Gasteiger partial charge on any atom is 0.242 e. The summed E-state index contributed by atoms with van der Waals surface area (Å²) in [5.74, 6) is 1.42. The molecule has 6 heterocycles. The Kier molecular flexibility index (Phi) is 5.94. The third kappa shape index (κ3) is 3.85. The molecule has 8 nitrogen and oxygen atoms in total. The number of rotatable bonds is 3. The van der Waals surface area contributed by atoms with Crippen LogP contribution >= 0.6 is 0 Å². The van der Waals surface area contributed by atoms with Gasteiger partial charge in [-0.15, -0.1) is 0 Å². The average molecular weight is 729 g/mol. The van der Waals surface area contributed by atoms with E-state index in [9.17, 15) is 0 Å². The summed E-state index contributed by atoms with van der Waals surface area (Å²) in [6.45, 7) is 0. The highest BCUT2D eigenvalue weighted by atomic mass is 15.3. The molecule has 11 aromatic rings. The predicted octanol–water partition coefficient (Wildman–Crippen LogP) is 10.3. The van der Waals surface area contributed by atoms with Crippen LogP contribution < -0.4 is 0 Å². The minimum atomic E-state index is -0.509. The summed E-state index contributed by atoms with van der Waals surface area (Å²) in [4.78, 5) is 30.8. The molecule has 6 aromatic heterocycles. The molecule has 0 amide bonds. The lowest BCUT2D eigenvalue weighted by Gasteiger charge is -2.30. The second kappa shape index (κ2) is 11.1. The van der Waals surface area contributed by atoms with Gasteiger partial charge in [0.05, 0.1) is 10.9 Å². The van der Waals surface area contributed by atoms with E-state index in [0.29, 0.717) is 17.7 Å². The van der Waals surface area contributed by atoms with Crippen molar-refractivity contribution < 1.29 is 0 Å². The van der Waals surface area contributed by atoms with Crippen LogP contribution in [0.1, 0.15) is 22.3 Å². The van der Waals surface area contributed by atoms with Crippen molar-refractivity contribution in [1.29, 1.82) is 0 Å². The summed E-state index contributed by atoms with van der Waals surface area (Å²) in [6.07, 6.45) is 5.42. The number of fused-ring (bicyclic) bond motifs is 16. The van der Waals surface area contributed by atoms with Gasteiger partial charge in [0.25, 0.3) is 0 Å². The van der Waals surface area contributed by atoms with Crippen LogP contribution in [0.25, 0.3) is 89.5 Å². The predicted molar refractivity (Wildman–Crippen MR) is 224 cm³/mol. The van der Waals surface area contributed by atoms with E-state index >= 15 is 0 Å². The van der Waals surface area contributed by atoms with Gasteiger partial charge in [-0.1, -0.05) is 109 Å². The van der Waals surface area contributed by atoms with Gasteiger partial charge < -0.3 is 0 Å². The van der Waals surface area contributed by atoms with Crippen molar-refractivity contribution in [2.24, 2.45) is 0 Å². The Labute approximate surface area is 325 Å². The van der Waals surface area contributed by atoms with Crippen LogP contribution in [0, 0.1) is 0 Å². The fraction of sp³-hybridized carbons (Fsp3) is 0.0204. The first-order chi connectivity index (χ1) is 28.3. The maximum atomic E-state index is 5.42. The first kappa shape index (κ1) is 30.5. The number of pyridine rings is 3. The molecule has 0 aliphatic heterocycles. The molecule has 0 unspecified atom stereocenters. The Morgan fingerprint density at radius 1 is 0.351 bits per heavy atom. The zero-order valence-electron chi connectivity index (χ0n) is 30.2. The Balaban J connectivity index is 1.16. The SMILES string of the molecule is c1ccc2c(c1)-c1ccccc1C21c2ccccc2-c2c(-c3nc(-n4c5ccccc5c5cccnc54)nc(-n4c5ncccc5c5cccnc54)n3)cccc21. The van der Waals surface area contributed by atoms with E-state index in [1.807, 2.05) is 35.0 Å². The molecule has 264 valence electrons. The average Bonchev–Trinajstić information content (AvgIpc) is 3.99. The number of benzene rings is 5. The van der Waals surface area contributed by atoms with Gasteiger partial charge >= 0.3 is 0 Å². The van der Waals surface area contributed by atoms with Crippen molar-refractivity contribution in [2.75, 3.05) is 0 Å². The van der Waals surface area contributed by atoms with Crippen LogP contribution in [0.2, 0.25) is 0 Å². The number of para-hydroxylation sites is 1. The molecule has 0 radical (unpaired) electrons. The summed E-state index contributed by atoms with van der Waals surface area (Å²) < 4.78 is 4.01. The fourth-order valence-electron chi connectivity index (χ4n) is 9.86. The molecule has 2 aliphatic carbocycles. The lowest BCUT2D eigenvalue weighted by Crippen LogP contribution is -2.25. The second-order valence-corrected chi connectivity index (χ2v) is 14.7. The molecule has 57 heavy (non-hydrogen) atoms. The van der Waals surface area contributed by atoms with E-state index in [2.05, 4.69) is 132 Å². The largest absolute Gasteiger partial charge is 0.262 e. The molecule has 0 atom stereocenters. The Bertz CT molecular complexity index is 3220. The number of hydrogen-bond acceptors (Lipinski definition) is 6. The van der Waals surface area contributed by atoms with Crippen LogP contribution in [0.15, 0.2) is 170 Å². The smallest absolute Gasteiger partial charge is 0.242 e. The number of hydrogen-bond donors (Lipinski definition) is 0. The molecule has 2 aliphatic rings. The van der Waals surface area contributed by atoms with E-state index in [0.717, 1.165) is 60.7 Å². The molecule has 1 spiro atoms. The quantitative estimate of drug-likeness (QED) is 0.180. The van der Waals surface area contributed by atoms with Crippen molar-refractivity contribution in [3.63, 3.8) is 0 Å². The van der Waals surface area contributed by atoms with E-state index in [-0.39, 0.29) is 0 Å². The third-order valence-corrected chi connectivity index (χ3v) is 12.0. The molecule has 0 fully saturated rings. The molecule has 0 saturated carbocycles. The molecular weight excluding hydrogens is 701 g/mol. The molecular formula is C49H28N8. The van der Waals surface area contributed by atoms with Crippen LogP contribution in [-0.2, 0) is 5.41 Å². The van der Waals surface area contributed by atoms with Gasteiger partial charge in [0, 0.05) is 45.7 Å². The summed E-state index contributed by atoms with van der Waals surface area (Å²) in [5.41, 5.74) is 13.4. The second-order valence-electron chi connectivity index (χ2n) is 14.7. The van der Waals surface area contributed by atoms with Crippen molar-refractivity contribution in [1.82, 2.24) is 39.0 Å². The van der Waals surface area contributed by atoms with Gasteiger partial charge in [0.1, 0.15) is 16.9 Å². The first-order valence-electron chi connectivity index (χ1n) is 19.0. The van der Waals surface area contributed by atoms with Crippen LogP contribution in [0.3, 0.4) is 0 Å². The summed E-state index contributed by atoms with van der Waals surface area (Å²) in [7, 11) is 0. The van der Waals surface area contributed by atoms with Crippen LogP contribution in [0.5, 0.6) is 0 Å². The molecule has 13 rings (SSSR count).